The molecule has 0 aliphatic heterocycles. The molecule has 18 heavy (non-hydrogen) atoms. The van der Waals surface area contributed by atoms with E-state index >= 15 is 0 Å². The maximum absolute atomic E-state index is 11.7. The molecule has 0 spiro atoms. The van der Waals surface area contributed by atoms with E-state index in [2.05, 4.69) is 0 Å². The summed E-state index contributed by atoms with van der Waals surface area (Å²) in [5.74, 6) is 0. The Kier molecular flexibility index (Phi) is 2.84. The molecule has 2 N–H and O–H groups in total. The second kappa shape index (κ2) is 3.79. The summed E-state index contributed by atoms with van der Waals surface area (Å²) in [6, 6.07) is 4.31. The molecule has 0 unspecified atom stereocenters. The van der Waals surface area contributed by atoms with E-state index in [1.165, 1.54) is 12.1 Å². The van der Waals surface area contributed by atoms with E-state index in [0.717, 1.165) is 25.4 Å². The van der Waals surface area contributed by atoms with Crippen LogP contribution in [0.25, 0.3) is 0 Å². The van der Waals surface area contributed by atoms with Gasteiger partial charge in [-0.15, -0.1) is 0 Å². The molecule has 1 aromatic rings. The lowest BCUT2D eigenvalue weighted by Gasteiger charge is -2.13. The summed E-state index contributed by atoms with van der Waals surface area (Å²) in [6.07, 6.45) is 3.56. The number of rotatable bonds is 3. The quantitative estimate of drug-likeness (QED) is 0.871. The van der Waals surface area contributed by atoms with Crippen LogP contribution in [0.5, 0.6) is 0 Å². The lowest BCUT2D eigenvalue weighted by molar-refractivity contribution is 0.588. The van der Waals surface area contributed by atoms with Gasteiger partial charge in [0.25, 0.3) is 0 Å². The highest BCUT2D eigenvalue weighted by Gasteiger charge is 2.40. The monoisotopic (exact) mass is 289 g/mol. The molecule has 0 atom stereocenters. The average molecular weight is 289 g/mol. The summed E-state index contributed by atoms with van der Waals surface area (Å²) in [5, 5.41) is 0. The van der Waals surface area contributed by atoms with E-state index in [4.69, 9.17) is 5.73 Å². The Bertz CT molecular complexity index is 701. The van der Waals surface area contributed by atoms with Crippen molar-refractivity contribution in [2.75, 3.05) is 12.5 Å². The van der Waals surface area contributed by atoms with Crippen molar-refractivity contribution in [2.24, 2.45) is 5.73 Å². The Morgan fingerprint density at radius 3 is 1.89 bits per heavy atom. The van der Waals surface area contributed by atoms with Gasteiger partial charge in [-0.25, -0.2) is 16.8 Å². The van der Waals surface area contributed by atoms with Gasteiger partial charge in [0.2, 0.25) is 0 Å². The predicted molar refractivity (Wildman–Crippen MR) is 67.8 cm³/mol. The third kappa shape index (κ3) is 2.43. The van der Waals surface area contributed by atoms with E-state index in [0.29, 0.717) is 5.56 Å². The Hall–Kier alpha value is -0.920. The molecule has 0 saturated heterocycles. The van der Waals surface area contributed by atoms with Crippen LogP contribution in [-0.4, -0.2) is 29.3 Å². The fraction of sp³-hybridized carbons (Fsp3) is 0.455. The SMILES string of the molecule is CS(=O)(=O)c1ccc(C2(N)CC2)cc1S(C)(=O)=O. The number of nitrogens with two attached hydrogens (primary N) is 1. The number of benzene rings is 1. The van der Waals surface area contributed by atoms with E-state index in [1.807, 2.05) is 0 Å². The van der Waals surface area contributed by atoms with E-state index < -0.39 is 25.2 Å². The molecule has 5 nitrogen and oxygen atoms in total. The fourth-order valence-corrected chi connectivity index (χ4v) is 4.26. The molecular weight excluding hydrogens is 274 g/mol. The van der Waals surface area contributed by atoms with E-state index in [1.54, 1.807) is 6.07 Å². The van der Waals surface area contributed by atoms with Crippen LogP contribution >= 0.6 is 0 Å². The summed E-state index contributed by atoms with van der Waals surface area (Å²) in [4.78, 5) is -0.336. The summed E-state index contributed by atoms with van der Waals surface area (Å²) >= 11 is 0. The maximum Gasteiger partial charge on any atom is 0.176 e. The van der Waals surface area contributed by atoms with Crippen molar-refractivity contribution in [3.63, 3.8) is 0 Å². The van der Waals surface area contributed by atoms with Gasteiger partial charge in [0.15, 0.2) is 19.7 Å². The number of hydrogen-bond donors (Lipinski definition) is 1. The maximum atomic E-state index is 11.7. The van der Waals surface area contributed by atoms with Crippen molar-refractivity contribution in [1.82, 2.24) is 0 Å². The predicted octanol–water partition coefficient (Wildman–Crippen LogP) is 0.441. The van der Waals surface area contributed by atoms with E-state index in [9.17, 15) is 16.8 Å². The first-order valence-electron chi connectivity index (χ1n) is 5.38. The van der Waals surface area contributed by atoms with Crippen LogP contribution in [0.15, 0.2) is 28.0 Å². The highest BCUT2D eigenvalue weighted by Crippen LogP contribution is 2.43. The van der Waals surface area contributed by atoms with Crippen molar-refractivity contribution < 1.29 is 16.8 Å². The topological polar surface area (TPSA) is 94.3 Å². The zero-order valence-corrected chi connectivity index (χ0v) is 11.8. The van der Waals surface area contributed by atoms with Crippen LogP contribution in [-0.2, 0) is 25.2 Å². The van der Waals surface area contributed by atoms with Crippen LogP contribution in [0.4, 0.5) is 0 Å². The van der Waals surface area contributed by atoms with Gasteiger partial charge in [-0.1, -0.05) is 6.07 Å². The van der Waals surface area contributed by atoms with Crippen LogP contribution in [0.1, 0.15) is 18.4 Å². The average Bonchev–Trinajstić information content (AvgIpc) is 2.94. The molecule has 0 bridgehead atoms. The lowest BCUT2D eigenvalue weighted by atomic mass is 10.1. The van der Waals surface area contributed by atoms with Crippen molar-refractivity contribution in [1.29, 1.82) is 0 Å². The minimum absolute atomic E-state index is 0.167. The molecule has 0 heterocycles. The molecular formula is C11H15NO4S2. The van der Waals surface area contributed by atoms with Gasteiger partial charge in [-0.05, 0) is 30.5 Å². The first-order valence-corrected chi connectivity index (χ1v) is 9.16. The molecule has 0 radical (unpaired) electrons. The summed E-state index contributed by atoms with van der Waals surface area (Å²) in [6.45, 7) is 0. The Morgan fingerprint density at radius 2 is 1.50 bits per heavy atom. The summed E-state index contributed by atoms with van der Waals surface area (Å²) in [7, 11) is -7.18. The molecule has 100 valence electrons. The van der Waals surface area contributed by atoms with Crippen molar-refractivity contribution >= 4 is 19.7 Å². The highest BCUT2D eigenvalue weighted by atomic mass is 32.2. The summed E-state index contributed by atoms with van der Waals surface area (Å²) in [5.41, 5.74) is 6.18. The molecule has 0 amide bonds. The molecule has 1 fully saturated rings. The Labute approximate surface area is 107 Å². The van der Waals surface area contributed by atoms with Gasteiger partial charge in [-0.3, -0.25) is 0 Å². The zero-order chi connectivity index (χ0) is 13.8. The third-order valence-electron chi connectivity index (χ3n) is 3.11. The first kappa shape index (κ1) is 13.5. The van der Waals surface area contributed by atoms with Gasteiger partial charge in [-0.2, -0.15) is 0 Å². The molecule has 1 saturated carbocycles. The van der Waals surface area contributed by atoms with Gasteiger partial charge >= 0.3 is 0 Å². The molecule has 7 heteroatoms. The van der Waals surface area contributed by atoms with Gasteiger partial charge in [0.05, 0.1) is 9.79 Å². The molecule has 0 aromatic heterocycles. The summed E-state index contributed by atoms with van der Waals surface area (Å²) < 4.78 is 46.6. The smallest absolute Gasteiger partial charge is 0.176 e. The molecule has 1 aliphatic carbocycles. The largest absolute Gasteiger partial charge is 0.321 e. The number of hydrogen-bond acceptors (Lipinski definition) is 5. The number of sulfone groups is 2. The Balaban J connectivity index is 2.72. The van der Waals surface area contributed by atoms with Crippen molar-refractivity contribution in [2.45, 2.75) is 28.2 Å². The van der Waals surface area contributed by atoms with Crippen LogP contribution in [0.3, 0.4) is 0 Å². The van der Waals surface area contributed by atoms with E-state index in [-0.39, 0.29) is 9.79 Å². The van der Waals surface area contributed by atoms with Gasteiger partial charge in [0, 0.05) is 18.1 Å². The van der Waals surface area contributed by atoms with Crippen LogP contribution in [0, 0.1) is 0 Å². The van der Waals surface area contributed by atoms with Crippen LogP contribution in [0.2, 0.25) is 0 Å². The van der Waals surface area contributed by atoms with Gasteiger partial charge < -0.3 is 5.73 Å². The highest BCUT2D eigenvalue weighted by molar-refractivity contribution is 7.93. The minimum Gasteiger partial charge on any atom is -0.321 e. The standard InChI is InChI=1S/C11H15NO4S2/c1-17(13,14)9-4-3-8(11(12)5-6-11)7-10(9)18(2,15)16/h3-4,7H,5-6,12H2,1-2H3. The third-order valence-corrected chi connectivity index (χ3v) is 5.53. The fourth-order valence-electron chi connectivity index (χ4n) is 1.84. The normalized spacial score (nSPS) is 18.6. The second-order valence-electron chi connectivity index (χ2n) is 4.86. The zero-order valence-electron chi connectivity index (χ0n) is 10.2. The minimum atomic E-state index is -3.61. The Morgan fingerprint density at radius 1 is 1.00 bits per heavy atom. The van der Waals surface area contributed by atoms with Crippen molar-refractivity contribution in [3.05, 3.63) is 23.8 Å². The first-order chi connectivity index (χ1) is 8.04. The van der Waals surface area contributed by atoms with Crippen molar-refractivity contribution in [3.8, 4) is 0 Å². The second-order valence-corrected chi connectivity index (χ2v) is 8.83. The van der Waals surface area contributed by atoms with Gasteiger partial charge in [0.1, 0.15) is 0 Å². The molecule has 1 aromatic carbocycles. The molecule has 1 aliphatic rings. The van der Waals surface area contributed by atoms with Crippen LogP contribution < -0.4 is 5.73 Å². The lowest BCUT2D eigenvalue weighted by Crippen LogP contribution is -2.20. The molecule has 2 rings (SSSR count).